The Bertz CT molecular complexity index is 748. The smallest absolute Gasteiger partial charge is 0.417 e. The average Bonchev–Trinajstić information content (AvgIpc) is 2.46. The quantitative estimate of drug-likeness (QED) is 0.891. The molecule has 0 fully saturated rings. The third-order valence-electron chi connectivity index (χ3n) is 2.87. The van der Waals surface area contributed by atoms with E-state index in [0.29, 0.717) is 22.1 Å². The summed E-state index contributed by atoms with van der Waals surface area (Å²) in [6.07, 6.45) is -0.662. The van der Waals surface area contributed by atoms with Gasteiger partial charge >= 0.3 is 6.09 Å². The number of anilines is 2. The lowest BCUT2D eigenvalue weighted by Gasteiger charge is -2.18. The van der Waals surface area contributed by atoms with E-state index in [2.05, 4.69) is 10.6 Å². The molecular weight excluding hydrogens is 308 g/mol. The van der Waals surface area contributed by atoms with Crippen molar-refractivity contribution in [1.82, 2.24) is 0 Å². The van der Waals surface area contributed by atoms with E-state index in [1.807, 2.05) is 0 Å². The normalized spacial score (nSPS) is 12.7. The molecule has 0 radical (unpaired) electrons. The second kappa shape index (κ2) is 5.95. The van der Waals surface area contributed by atoms with Crippen LogP contribution in [-0.2, 0) is 4.79 Å². The summed E-state index contributed by atoms with van der Waals surface area (Å²) >= 11 is 5.84. The Morgan fingerprint density at radius 1 is 1.27 bits per heavy atom. The predicted octanol–water partition coefficient (Wildman–Crippen LogP) is 3.28. The number of hydrogen-bond acceptors (Lipinski definition) is 4. The summed E-state index contributed by atoms with van der Waals surface area (Å²) in [5.74, 6) is 0.555. The van der Waals surface area contributed by atoms with Crippen LogP contribution in [0.4, 0.5) is 16.2 Å². The largest absolute Gasteiger partial charge is 0.482 e. The van der Waals surface area contributed by atoms with Crippen molar-refractivity contribution >= 4 is 35.0 Å². The predicted molar refractivity (Wildman–Crippen MR) is 81.7 cm³/mol. The summed E-state index contributed by atoms with van der Waals surface area (Å²) in [5.41, 5.74) is 0.983. The standard InChI is InChI=1S/C15H11ClN2O4/c16-9-2-1-3-10(6-9)17-15(20)22-11-4-5-13-12(7-11)18-14(19)8-21-13/h1-7H,8H2,(H,17,20)(H,18,19). The fraction of sp³-hybridized carbons (Fsp3) is 0.0667. The Morgan fingerprint density at radius 3 is 2.95 bits per heavy atom. The minimum absolute atomic E-state index is 0.0253. The number of rotatable bonds is 2. The molecule has 0 aromatic heterocycles. The van der Waals surface area contributed by atoms with E-state index in [4.69, 9.17) is 21.1 Å². The van der Waals surface area contributed by atoms with Gasteiger partial charge in [-0.3, -0.25) is 10.1 Å². The Kier molecular flexibility index (Phi) is 3.84. The highest BCUT2D eigenvalue weighted by molar-refractivity contribution is 6.30. The molecule has 0 unspecified atom stereocenters. The number of carbonyl (C=O) groups is 2. The molecule has 1 aliphatic rings. The highest BCUT2D eigenvalue weighted by Crippen LogP contribution is 2.31. The van der Waals surface area contributed by atoms with Crippen LogP contribution in [-0.4, -0.2) is 18.6 Å². The molecule has 7 heteroatoms. The van der Waals surface area contributed by atoms with Crippen molar-refractivity contribution < 1.29 is 19.1 Å². The van der Waals surface area contributed by atoms with Crippen molar-refractivity contribution in [3.05, 3.63) is 47.5 Å². The van der Waals surface area contributed by atoms with Crippen molar-refractivity contribution in [2.24, 2.45) is 0 Å². The van der Waals surface area contributed by atoms with E-state index >= 15 is 0 Å². The molecule has 0 aliphatic carbocycles. The van der Waals surface area contributed by atoms with Crippen molar-refractivity contribution in [2.45, 2.75) is 0 Å². The van der Waals surface area contributed by atoms with E-state index < -0.39 is 6.09 Å². The molecule has 112 valence electrons. The van der Waals surface area contributed by atoms with Crippen molar-refractivity contribution in [3.8, 4) is 11.5 Å². The summed E-state index contributed by atoms with van der Waals surface area (Å²) in [7, 11) is 0. The van der Waals surface area contributed by atoms with Gasteiger partial charge in [-0.15, -0.1) is 0 Å². The average molecular weight is 319 g/mol. The van der Waals surface area contributed by atoms with Crippen LogP contribution in [0.3, 0.4) is 0 Å². The van der Waals surface area contributed by atoms with Crippen LogP contribution >= 0.6 is 11.6 Å². The highest BCUT2D eigenvalue weighted by Gasteiger charge is 2.17. The van der Waals surface area contributed by atoms with Gasteiger partial charge < -0.3 is 14.8 Å². The monoisotopic (exact) mass is 318 g/mol. The summed E-state index contributed by atoms with van der Waals surface area (Å²) in [6.45, 7) is -0.0253. The molecule has 1 heterocycles. The van der Waals surface area contributed by atoms with Gasteiger partial charge in [0.15, 0.2) is 6.61 Å². The van der Waals surface area contributed by atoms with Gasteiger partial charge in [0.25, 0.3) is 5.91 Å². The van der Waals surface area contributed by atoms with E-state index in [0.717, 1.165) is 0 Å². The Morgan fingerprint density at radius 2 is 2.14 bits per heavy atom. The lowest BCUT2D eigenvalue weighted by Crippen LogP contribution is -2.25. The van der Waals surface area contributed by atoms with E-state index in [9.17, 15) is 9.59 Å². The maximum absolute atomic E-state index is 11.8. The van der Waals surface area contributed by atoms with Gasteiger partial charge in [0.2, 0.25) is 0 Å². The Labute approximate surface area is 131 Å². The highest BCUT2D eigenvalue weighted by atomic mass is 35.5. The molecule has 1 aliphatic heterocycles. The van der Waals surface area contributed by atoms with Gasteiger partial charge in [-0.2, -0.15) is 0 Å². The first-order valence-electron chi connectivity index (χ1n) is 6.41. The van der Waals surface area contributed by atoms with Crippen LogP contribution in [0, 0.1) is 0 Å². The summed E-state index contributed by atoms with van der Waals surface area (Å²) in [6, 6.07) is 11.4. The maximum atomic E-state index is 11.8. The number of ether oxygens (including phenoxy) is 2. The topological polar surface area (TPSA) is 76.7 Å². The first-order chi connectivity index (χ1) is 10.6. The fourth-order valence-electron chi connectivity index (χ4n) is 1.94. The molecule has 2 aromatic rings. The van der Waals surface area contributed by atoms with E-state index in [1.165, 1.54) is 6.07 Å². The minimum atomic E-state index is -0.662. The van der Waals surface area contributed by atoms with Crippen LogP contribution in [0.25, 0.3) is 0 Å². The molecule has 2 N–H and O–H groups in total. The molecule has 0 bridgehead atoms. The fourth-order valence-corrected chi connectivity index (χ4v) is 2.13. The molecule has 6 nitrogen and oxygen atoms in total. The zero-order valence-corrected chi connectivity index (χ0v) is 12.0. The maximum Gasteiger partial charge on any atom is 0.417 e. The van der Waals surface area contributed by atoms with Crippen LogP contribution in [0.5, 0.6) is 11.5 Å². The summed E-state index contributed by atoms with van der Waals surface area (Å²) in [5, 5.41) is 5.70. The first-order valence-corrected chi connectivity index (χ1v) is 6.79. The van der Waals surface area contributed by atoms with Crippen LogP contribution in [0.2, 0.25) is 5.02 Å². The Balaban J connectivity index is 1.69. The van der Waals surface area contributed by atoms with E-state index in [1.54, 1.807) is 36.4 Å². The third kappa shape index (κ3) is 3.29. The molecule has 2 aromatic carbocycles. The second-order valence-electron chi connectivity index (χ2n) is 4.52. The molecule has 3 rings (SSSR count). The first kappa shape index (κ1) is 14.2. The van der Waals surface area contributed by atoms with Crippen LogP contribution in [0.1, 0.15) is 0 Å². The number of nitrogens with one attached hydrogen (secondary N) is 2. The lowest BCUT2D eigenvalue weighted by atomic mass is 10.2. The van der Waals surface area contributed by atoms with Gasteiger partial charge in [-0.1, -0.05) is 17.7 Å². The molecule has 2 amide bonds. The van der Waals surface area contributed by atoms with Gasteiger partial charge in [0.1, 0.15) is 11.5 Å². The summed E-state index contributed by atoms with van der Waals surface area (Å²) < 4.78 is 10.4. The molecule has 0 atom stereocenters. The Hall–Kier alpha value is -2.73. The lowest BCUT2D eigenvalue weighted by molar-refractivity contribution is -0.118. The summed E-state index contributed by atoms with van der Waals surface area (Å²) in [4.78, 5) is 23.1. The second-order valence-corrected chi connectivity index (χ2v) is 4.96. The number of benzene rings is 2. The van der Waals surface area contributed by atoms with Gasteiger partial charge in [0, 0.05) is 16.8 Å². The number of halogens is 1. The van der Waals surface area contributed by atoms with Gasteiger partial charge in [-0.05, 0) is 30.3 Å². The van der Waals surface area contributed by atoms with Crippen LogP contribution < -0.4 is 20.1 Å². The van der Waals surface area contributed by atoms with Crippen molar-refractivity contribution in [1.29, 1.82) is 0 Å². The molecule has 0 saturated heterocycles. The molecular formula is C15H11ClN2O4. The third-order valence-corrected chi connectivity index (χ3v) is 3.10. The number of hydrogen-bond donors (Lipinski definition) is 2. The van der Waals surface area contributed by atoms with Crippen molar-refractivity contribution in [3.63, 3.8) is 0 Å². The van der Waals surface area contributed by atoms with Gasteiger partial charge in [0.05, 0.1) is 5.69 Å². The number of carbonyl (C=O) groups excluding carboxylic acids is 2. The zero-order valence-electron chi connectivity index (χ0n) is 11.3. The minimum Gasteiger partial charge on any atom is -0.482 e. The van der Waals surface area contributed by atoms with Crippen LogP contribution in [0.15, 0.2) is 42.5 Å². The van der Waals surface area contributed by atoms with Gasteiger partial charge in [-0.25, -0.2) is 4.79 Å². The zero-order chi connectivity index (χ0) is 15.5. The molecule has 0 saturated carbocycles. The number of fused-ring (bicyclic) bond motifs is 1. The molecule has 22 heavy (non-hydrogen) atoms. The SMILES string of the molecule is O=C1COc2ccc(OC(=O)Nc3cccc(Cl)c3)cc2N1. The van der Waals surface area contributed by atoms with Crippen molar-refractivity contribution in [2.75, 3.05) is 17.2 Å². The molecule has 0 spiro atoms. The van der Waals surface area contributed by atoms with E-state index in [-0.39, 0.29) is 18.3 Å². The number of amides is 2.